The maximum atomic E-state index is 2.67. The second kappa shape index (κ2) is 7.02. The van der Waals surface area contributed by atoms with Crippen molar-refractivity contribution in [1.82, 2.24) is 0 Å². The third-order valence-electron chi connectivity index (χ3n) is 2.86. The number of halogens is 1. The Kier molecular flexibility index (Phi) is 9.61. The van der Waals surface area contributed by atoms with E-state index in [1.165, 1.54) is 24.9 Å². The molecule has 0 nitrogen and oxygen atoms in total. The molecule has 1 rings (SSSR count). The van der Waals surface area contributed by atoms with Gasteiger partial charge in [-0.3, -0.25) is 0 Å². The van der Waals surface area contributed by atoms with Crippen LogP contribution in [-0.4, -0.2) is 8.07 Å². The Balaban J connectivity index is 0. The molecule has 3 heteroatoms. The van der Waals surface area contributed by atoms with Gasteiger partial charge in [0.1, 0.15) is 0 Å². The number of hydrogen-bond donors (Lipinski definition) is 0. The monoisotopic (exact) mass is 332 g/mol. The van der Waals surface area contributed by atoms with Crippen molar-refractivity contribution in [1.29, 1.82) is 0 Å². The normalized spacial score (nSPS) is 20.2. The minimum Gasteiger partial charge on any atom is -1.00 e. The Morgan fingerprint density at radius 1 is 1.27 bits per heavy atom. The van der Waals surface area contributed by atoms with Crippen molar-refractivity contribution in [2.45, 2.75) is 44.8 Å². The van der Waals surface area contributed by atoms with Gasteiger partial charge in [-0.1, -0.05) is 46.5 Å². The summed E-state index contributed by atoms with van der Waals surface area (Å²) in [7, 11) is -0.705. The van der Waals surface area contributed by atoms with E-state index >= 15 is 0 Å². The van der Waals surface area contributed by atoms with Crippen molar-refractivity contribution < 1.29 is 43.5 Å². The maximum Gasteiger partial charge on any atom is 2.00 e. The molecule has 1 fully saturated rings. The summed E-state index contributed by atoms with van der Waals surface area (Å²) in [5.74, 6) is 0. The summed E-state index contributed by atoms with van der Waals surface area (Å²) in [5.41, 5.74) is 0. The fraction of sp³-hybridized carbons (Fsp3) is 0.875. The van der Waals surface area contributed by atoms with E-state index < -0.39 is 8.07 Å². The third-order valence-corrected chi connectivity index (χ3v) is 8.18. The quantitative estimate of drug-likeness (QED) is 0.380. The molecular weight excluding hydrogens is 316 g/mol. The molecule has 0 radical (unpaired) electrons. The summed E-state index contributed by atoms with van der Waals surface area (Å²) in [5, 5.41) is 0. The van der Waals surface area contributed by atoms with Crippen molar-refractivity contribution in [2.24, 2.45) is 0 Å². The largest absolute Gasteiger partial charge is 2.00 e. The standard InChI is InChI=1S/C8H17Si.HI.Zn/c1-3-9(4-2)7-5-6-8-9;;/h7H,3-6,8H2,1-2H3;1H;/q-1;;+2/p-1. The zero-order valence-electron chi connectivity index (χ0n) is 7.70. The number of rotatable bonds is 2. The van der Waals surface area contributed by atoms with Gasteiger partial charge in [0.15, 0.2) is 0 Å². The molecule has 0 amide bonds. The Bertz CT molecular complexity index is 86.1. The van der Waals surface area contributed by atoms with Crippen molar-refractivity contribution in [3.63, 3.8) is 0 Å². The molecule has 0 aliphatic carbocycles. The Morgan fingerprint density at radius 2 is 1.82 bits per heavy atom. The van der Waals surface area contributed by atoms with E-state index in [4.69, 9.17) is 0 Å². The van der Waals surface area contributed by atoms with Gasteiger partial charge in [-0.25, -0.2) is 0 Å². The van der Waals surface area contributed by atoms with Gasteiger partial charge < -0.3 is 30.0 Å². The minimum absolute atomic E-state index is 0. The molecule has 0 bridgehead atoms. The van der Waals surface area contributed by atoms with Crippen LogP contribution in [0.5, 0.6) is 0 Å². The predicted octanol–water partition coefficient (Wildman–Crippen LogP) is 0.0138. The van der Waals surface area contributed by atoms with Gasteiger partial charge in [0.2, 0.25) is 0 Å². The van der Waals surface area contributed by atoms with Crippen LogP contribution in [0.4, 0.5) is 0 Å². The average Bonchev–Trinajstić information content (AvgIpc) is 2.36. The molecule has 0 saturated carbocycles. The van der Waals surface area contributed by atoms with Crippen LogP contribution in [0.25, 0.3) is 0 Å². The Hall–Kier alpha value is 1.57. The summed E-state index contributed by atoms with van der Waals surface area (Å²) in [4.78, 5) is 0. The van der Waals surface area contributed by atoms with E-state index in [1.54, 1.807) is 6.04 Å². The van der Waals surface area contributed by atoms with Gasteiger partial charge in [0.05, 0.1) is 0 Å². The van der Waals surface area contributed by atoms with Crippen LogP contribution >= 0.6 is 0 Å². The van der Waals surface area contributed by atoms with E-state index in [-0.39, 0.29) is 43.5 Å². The molecule has 1 heterocycles. The second-order valence-electron chi connectivity index (χ2n) is 3.17. The van der Waals surface area contributed by atoms with Crippen LogP contribution in [0.3, 0.4) is 0 Å². The fourth-order valence-electron chi connectivity index (χ4n) is 1.86. The van der Waals surface area contributed by atoms with Crippen LogP contribution in [0, 0.1) is 6.04 Å². The first-order chi connectivity index (χ1) is 4.33. The van der Waals surface area contributed by atoms with E-state index in [9.17, 15) is 0 Å². The molecule has 0 atom stereocenters. The molecule has 0 N–H and O–H groups in total. The molecule has 11 heavy (non-hydrogen) atoms. The topological polar surface area (TPSA) is 0 Å². The van der Waals surface area contributed by atoms with Gasteiger partial charge in [-0.05, 0) is 0 Å². The molecule has 0 unspecified atom stereocenters. The molecule has 0 aromatic rings. The first-order valence-electron chi connectivity index (χ1n) is 4.17. The average molecular weight is 334 g/mol. The summed E-state index contributed by atoms with van der Waals surface area (Å²) in [6.45, 7) is 4.75. The van der Waals surface area contributed by atoms with Crippen molar-refractivity contribution in [3.8, 4) is 0 Å². The van der Waals surface area contributed by atoms with Gasteiger partial charge >= 0.3 is 19.5 Å². The molecule has 0 spiro atoms. The van der Waals surface area contributed by atoms with Crippen LogP contribution < -0.4 is 24.0 Å². The van der Waals surface area contributed by atoms with Crippen LogP contribution in [0.15, 0.2) is 0 Å². The van der Waals surface area contributed by atoms with Crippen LogP contribution in [0.1, 0.15) is 26.7 Å². The van der Waals surface area contributed by atoms with Gasteiger partial charge in [0.25, 0.3) is 0 Å². The maximum absolute atomic E-state index is 2.67. The van der Waals surface area contributed by atoms with E-state index in [0.29, 0.717) is 0 Å². The predicted molar refractivity (Wildman–Crippen MR) is 45.1 cm³/mol. The molecular formula is C8H17ISiZn. The summed E-state index contributed by atoms with van der Waals surface area (Å²) in [6, 6.07) is 7.24. The van der Waals surface area contributed by atoms with Crippen molar-refractivity contribution in [2.75, 3.05) is 0 Å². The zero-order valence-corrected chi connectivity index (χ0v) is 13.8. The fourth-order valence-corrected chi connectivity index (χ4v) is 5.57. The molecule has 0 aromatic carbocycles. The first kappa shape index (κ1) is 15.1. The van der Waals surface area contributed by atoms with E-state index in [1.807, 2.05) is 0 Å². The zero-order chi connectivity index (χ0) is 6.74. The van der Waals surface area contributed by atoms with Crippen LogP contribution in [0.2, 0.25) is 18.1 Å². The van der Waals surface area contributed by atoms with Gasteiger partial charge in [0, 0.05) is 0 Å². The second-order valence-corrected chi connectivity index (χ2v) is 8.21. The summed E-state index contributed by atoms with van der Waals surface area (Å²) >= 11 is 0. The Labute approximate surface area is 102 Å². The third kappa shape index (κ3) is 3.86. The van der Waals surface area contributed by atoms with Crippen molar-refractivity contribution in [3.05, 3.63) is 6.04 Å². The van der Waals surface area contributed by atoms with Crippen LogP contribution in [-0.2, 0) is 19.5 Å². The summed E-state index contributed by atoms with van der Waals surface area (Å²) < 4.78 is 0. The molecule has 0 aromatic heterocycles. The minimum atomic E-state index is -0.705. The number of hydrogen-bond acceptors (Lipinski definition) is 0. The van der Waals surface area contributed by atoms with E-state index in [2.05, 4.69) is 19.9 Å². The van der Waals surface area contributed by atoms with Gasteiger partial charge in [-0.2, -0.15) is 6.42 Å². The molecule has 62 valence electrons. The molecule has 1 saturated heterocycles. The Morgan fingerprint density at radius 3 is 2.00 bits per heavy atom. The summed E-state index contributed by atoms with van der Waals surface area (Å²) in [6.07, 6.45) is 2.92. The molecule has 1 aliphatic heterocycles. The van der Waals surface area contributed by atoms with Gasteiger partial charge in [-0.15, -0.1) is 0 Å². The van der Waals surface area contributed by atoms with E-state index in [0.717, 1.165) is 0 Å². The molecule has 1 aliphatic rings. The SMILES string of the molecule is CC[Si]1(CC)[CH-]CCC1.[I-].[Zn+2]. The first-order valence-corrected chi connectivity index (χ1v) is 6.87. The van der Waals surface area contributed by atoms with Crippen molar-refractivity contribution >= 4 is 8.07 Å². The smallest absolute Gasteiger partial charge is 1.00 e.